The molecule has 1 aromatic rings. The highest BCUT2D eigenvalue weighted by Gasteiger charge is 2.23. The molecular formula is C28H50O2. The molecule has 0 heterocycles. The Morgan fingerprint density at radius 3 is 1.87 bits per heavy atom. The van der Waals surface area contributed by atoms with E-state index < -0.39 is 0 Å². The fourth-order valence-corrected chi connectivity index (χ4v) is 2.73. The lowest BCUT2D eigenvalue weighted by atomic mass is 9.81. The largest absolute Gasteiger partial charge is 0.298 e. The standard InChI is InChI=1S/C18H26O2.C7H16.C3H8/c1-7-18(5,6)11-16(20)15-9-8-14(17(2,3)4)10-13(15)12-19;1-4-6-7(3)5-2;1-3-2/h8-10,12H,7,11H2,1-6H3;7H,4-6H2,1-3H3;3H2,1-2H3. The highest BCUT2D eigenvalue weighted by Crippen LogP contribution is 2.29. The summed E-state index contributed by atoms with van der Waals surface area (Å²) in [5, 5.41) is 0. The SMILES string of the molecule is CCC.CCC(C)(C)CC(=O)c1ccc(C(C)(C)C)cc1C=O.CCCC(C)CC. The molecule has 0 aromatic heterocycles. The Labute approximate surface area is 188 Å². The molecule has 0 amide bonds. The van der Waals surface area contributed by atoms with Crippen molar-refractivity contribution in [2.75, 3.05) is 0 Å². The van der Waals surface area contributed by atoms with E-state index in [1.807, 2.05) is 12.1 Å². The number of carbonyl (C=O) groups is 2. The van der Waals surface area contributed by atoms with Gasteiger partial charge in [0, 0.05) is 17.5 Å². The first-order chi connectivity index (χ1) is 13.8. The molecule has 0 fully saturated rings. The lowest BCUT2D eigenvalue weighted by Gasteiger charge is -2.23. The van der Waals surface area contributed by atoms with Crippen LogP contribution < -0.4 is 0 Å². The molecule has 2 nitrogen and oxygen atoms in total. The van der Waals surface area contributed by atoms with E-state index in [9.17, 15) is 9.59 Å². The van der Waals surface area contributed by atoms with E-state index in [0.717, 1.165) is 24.2 Å². The van der Waals surface area contributed by atoms with Crippen molar-refractivity contribution in [3.63, 3.8) is 0 Å². The number of carbonyl (C=O) groups excluding carboxylic acids is 2. The van der Waals surface area contributed by atoms with Crippen LogP contribution in [0.4, 0.5) is 0 Å². The minimum absolute atomic E-state index is 0.0258. The van der Waals surface area contributed by atoms with Crippen molar-refractivity contribution in [1.82, 2.24) is 0 Å². The van der Waals surface area contributed by atoms with Crippen molar-refractivity contribution in [3.05, 3.63) is 34.9 Å². The number of rotatable bonds is 8. The molecule has 0 saturated heterocycles. The second kappa shape index (κ2) is 15.4. The summed E-state index contributed by atoms with van der Waals surface area (Å²) in [7, 11) is 0. The summed E-state index contributed by atoms with van der Waals surface area (Å²) in [4.78, 5) is 23.7. The third-order valence-electron chi connectivity index (χ3n) is 5.42. The van der Waals surface area contributed by atoms with Gasteiger partial charge < -0.3 is 0 Å². The molecule has 0 saturated carbocycles. The first-order valence-corrected chi connectivity index (χ1v) is 12.0. The molecule has 1 atom stereocenters. The van der Waals surface area contributed by atoms with Crippen molar-refractivity contribution in [1.29, 1.82) is 0 Å². The molecule has 0 aliphatic rings. The molecule has 0 bridgehead atoms. The summed E-state index contributed by atoms with van der Waals surface area (Å²) < 4.78 is 0. The van der Waals surface area contributed by atoms with Crippen LogP contribution in [0.2, 0.25) is 0 Å². The third-order valence-corrected chi connectivity index (χ3v) is 5.42. The molecule has 1 aromatic carbocycles. The van der Waals surface area contributed by atoms with Crippen molar-refractivity contribution in [2.45, 2.75) is 120 Å². The Kier molecular flexibility index (Phi) is 15.8. The zero-order chi connectivity index (χ0) is 24.0. The summed E-state index contributed by atoms with van der Waals surface area (Å²) in [6, 6.07) is 5.61. The van der Waals surface area contributed by atoms with Crippen LogP contribution in [0.1, 0.15) is 141 Å². The van der Waals surface area contributed by atoms with Crippen molar-refractivity contribution >= 4 is 12.1 Å². The van der Waals surface area contributed by atoms with E-state index in [0.29, 0.717) is 17.5 Å². The Morgan fingerprint density at radius 1 is 1.00 bits per heavy atom. The maximum absolute atomic E-state index is 12.4. The Bertz CT molecular complexity index is 606. The number of aldehydes is 1. The minimum Gasteiger partial charge on any atom is -0.298 e. The van der Waals surface area contributed by atoms with Gasteiger partial charge in [-0.3, -0.25) is 9.59 Å². The molecule has 0 radical (unpaired) electrons. The van der Waals surface area contributed by atoms with Crippen LogP contribution in [0, 0.1) is 11.3 Å². The minimum atomic E-state index is -0.0278. The first-order valence-electron chi connectivity index (χ1n) is 12.0. The Morgan fingerprint density at radius 2 is 1.53 bits per heavy atom. The molecule has 0 aliphatic carbocycles. The maximum atomic E-state index is 12.4. The van der Waals surface area contributed by atoms with Crippen LogP contribution in [0.25, 0.3) is 0 Å². The predicted molar refractivity (Wildman–Crippen MR) is 134 cm³/mol. The van der Waals surface area contributed by atoms with E-state index in [4.69, 9.17) is 0 Å². The van der Waals surface area contributed by atoms with E-state index in [1.165, 1.54) is 25.7 Å². The first kappa shape index (κ1) is 30.8. The van der Waals surface area contributed by atoms with E-state index in [-0.39, 0.29) is 16.6 Å². The smallest absolute Gasteiger partial charge is 0.164 e. The van der Waals surface area contributed by atoms with Crippen molar-refractivity contribution in [2.24, 2.45) is 11.3 Å². The van der Waals surface area contributed by atoms with Gasteiger partial charge in [0.15, 0.2) is 12.1 Å². The second-order valence-electron chi connectivity index (χ2n) is 10.3. The predicted octanol–water partition coefficient (Wildman–Crippen LogP) is 9.05. The number of ketones is 1. The summed E-state index contributed by atoms with van der Waals surface area (Å²) in [6.07, 6.45) is 7.54. The van der Waals surface area contributed by atoms with Crippen LogP contribution in [0.5, 0.6) is 0 Å². The Hall–Kier alpha value is -1.44. The molecule has 2 heteroatoms. The quantitative estimate of drug-likeness (QED) is 0.311. The van der Waals surface area contributed by atoms with E-state index in [1.54, 1.807) is 6.07 Å². The average Bonchev–Trinajstić information content (AvgIpc) is 2.67. The maximum Gasteiger partial charge on any atom is 0.164 e. The molecule has 0 spiro atoms. The number of benzene rings is 1. The zero-order valence-corrected chi connectivity index (χ0v) is 21.9. The molecule has 1 rings (SSSR count). The van der Waals surface area contributed by atoms with Crippen LogP contribution in [-0.2, 0) is 5.41 Å². The van der Waals surface area contributed by atoms with Crippen LogP contribution >= 0.6 is 0 Å². The summed E-state index contributed by atoms with van der Waals surface area (Å²) in [6.45, 7) is 23.6. The van der Waals surface area contributed by atoms with Crippen LogP contribution in [0.3, 0.4) is 0 Å². The monoisotopic (exact) mass is 418 g/mol. The van der Waals surface area contributed by atoms with Crippen molar-refractivity contribution in [3.8, 4) is 0 Å². The van der Waals surface area contributed by atoms with Crippen molar-refractivity contribution < 1.29 is 9.59 Å². The number of Topliss-reactive ketones (excluding diaryl/α,β-unsaturated/α-hetero) is 1. The summed E-state index contributed by atoms with van der Waals surface area (Å²) in [5.41, 5.74) is 2.08. The van der Waals surface area contributed by atoms with Gasteiger partial charge in [0.1, 0.15) is 0 Å². The molecule has 0 N–H and O–H groups in total. The van der Waals surface area contributed by atoms with Gasteiger partial charge in [-0.1, -0.05) is 120 Å². The average molecular weight is 419 g/mol. The number of hydrogen-bond donors (Lipinski definition) is 0. The van der Waals surface area contributed by atoms with Gasteiger partial charge in [0.2, 0.25) is 0 Å². The van der Waals surface area contributed by atoms with Crippen LogP contribution in [-0.4, -0.2) is 12.1 Å². The highest BCUT2D eigenvalue weighted by molar-refractivity contribution is 6.03. The lowest BCUT2D eigenvalue weighted by molar-refractivity contribution is 0.0923. The van der Waals surface area contributed by atoms with E-state index in [2.05, 4.69) is 76.2 Å². The highest BCUT2D eigenvalue weighted by atomic mass is 16.1. The topological polar surface area (TPSA) is 34.1 Å². The van der Waals surface area contributed by atoms with Gasteiger partial charge in [-0.2, -0.15) is 0 Å². The van der Waals surface area contributed by atoms with E-state index >= 15 is 0 Å². The van der Waals surface area contributed by atoms with Gasteiger partial charge in [0.25, 0.3) is 0 Å². The Balaban J connectivity index is 0. The van der Waals surface area contributed by atoms with Gasteiger partial charge in [-0.15, -0.1) is 0 Å². The molecule has 0 aliphatic heterocycles. The molecule has 174 valence electrons. The van der Waals surface area contributed by atoms with Gasteiger partial charge in [0.05, 0.1) is 0 Å². The van der Waals surface area contributed by atoms with Crippen LogP contribution in [0.15, 0.2) is 18.2 Å². The zero-order valence-electron chi connectivity index (χ0n) is 21.9. The second-order valence-corrected chi connectivity index (χ2v) is 10.3. The molecule has 1 unspecified atom stereocenters. The molecular weight excluding hydrogens is 368 g/mol. The molecule has 30 heavy (non-hydrogen) atoms. The normalized spacial score (nSPS) is 12.1. The van der Waals surface area contributed by atoms with Gasteiger partial charge in [-0.05, 0) is 28.4 Å². The lowest BCUT2D eigenvalue weighted by Crippen LogP contribution is -2.18. The summed E-state index contributed by atoms with van der Waals surface area (Å²) in [5.74, 6) is 1.00. The fourth-order valence-electron chi connectivity index (χ4n) is 2.73. The fraction of sp³-hybridized carbons (Fsp3) is 0.714. The third kappa shape index (κ3) is 13.0. The summed E-state index contributed by atoms with van der Waals surface area (Å²) >= 11 is 0. The van der Waals surface area contributed by atoms with Gasteiger partial charge >= 0.3 is 0 Å². The number of hydrogen-bond acceptors (Lipinski definition) is 2. The van der Waals surface area contributed by atoms with Gasteiger partial charge in [-0.25, -0.2) is 0 Å².